The highest BCUT2D eigenvalue weighted by molar-refractivity contribution is 5.94. The van der Waals surface area contributed by atoms with Gasteiger partial charge in [-0.15, -0.1) is 0 Å². The number of phenols is 1. The number of phenolic OH excluding ortho intramolecular Hbond substituents is 1. The van der Waals surface area contributed by atoms with Gasteiger partial charge in [-0.1, -0.05) is 0 Å². The van der Waals surface area contributed by atoms with E-state index in [0.29, 0.717) is 38.2 Å². The maximum absolute atomic E-state index is 12.8. The predicted molar refractivity (Wildman–Crippen MR) is 93.4 cm³/mol. The zero-order chi connectivity index (χ0) is 17.9. The van der Waals surface area contributed by atoms with Gasteiger partial charge in [0.2, 0.25) is 5.91 Å². The van der Waals surface area contributed by atoms with Crippen LogP contribution in [0.4, 0.5) is 0 Å². The minimum atomic E-state index is -0.00746. The third-order valence-electron chi connectivity index (χ3n) is 5.38. The van der Waals surface area contributed by atoms with Gasteiger partial charge in [0.15, 0.2) is 0 Å². The normalized spacial score (nSPS) is 24.0. The SMILES string of the molecule is COCCN1C[C@@]2(CCCN(C(=O)c3ccc(O)cc3)C2)CCC1=O. The molecule has 136 valence electrons. The van der Waals surface area contributed by atoms with E-state index in [2.05, 4.69) is 0 Å². The molecule has 2 aliphatic rings. The number of aromatic hydroxyl groups is 1. The smallest absolute Gasteiger partial charge is 0.253 e. The number of nitrogens with zero attached hydrogens (tertiary/aromatic N) is 2. The van der Waals surface area contributed by atoms with Crippen molar-refractivity contribution < 1.29 is 19.4 Å². The van der Waals surface area contributed by atoms with Gasteiger partial charge in [-0.25, -0.2) is 0 Å². The molecule has 1 aromatic carbocycles. The van der Waals surface area contributed by atoms with Crippen LogP contribution in [0, 0.1) is 5.41 Å². The quantitative estimate of drug-likeness (QED) is 0.904. The molecule has 2 aliphatic heterocycles. The number of benzene rings is 1. The molecule has 1 N–H and O–H groups in total. The molecule has 6 nitrogen and oxygen atoms in total. The third-order valence-corrected chi connectivity index (χ3v) is 5.38. The van der Waals surface area contributed by atoms with Gasteiger partial charge in [-0.3, -0.25) is 9.59 Å². The zero-order valence-corrected chi connectivity index (χ0v) is 14.7. The monoisotopic (exact) mass is 346 g/mol. The maximum atomic E-state index is 12.8. The van der Waals surface area contributed by atoms with Gasteiger partial charge in [0, 0.05) is 50.7 Å². The number of carbonyl (C=O) groups is 2. The van der Waals surface area contributed by atoms with Gasteiger partial charge in [0.1, 0.15) is 5.75 Å². The fourth-order valence-corrected chi connectivity index (χ4v) is 4.01. The molecule has 0 aromatic heterocycles. The van der Waals surface area contributed by atoms with Crippen molar-refractivity contribution in [2.45, 2.75) is 25.7 Å². The van der Waals surface area contributed by atoms with Crippen molar-refractivity contribution >= 4 is 11.8 Å². The van der Waals surface area contributed by atoms with Gasteiger partial charge in [0.05, 0.1) is 6.61 Å². The number of hydrogen-bond donors (Lipinski definition) is 1. The largest absolute Gasteiger partial charge is 0.508 e. The summed E-state index contributed by atoms with van der Waals surface area (Å²) >= 11 is 0. The highest BCUT2D eigenvalue weighted by Gasteiger charge is 2.42. The summed E-state index contributed by atoms with van der Waals surface area (Å²) in [6.07, 6.45) is 3.39. The molecule has 2 saturated heterocycles. The molecule has 25 heavy (non-hydrogen) atoms. The van der Waals surface area contributed by atoms with Crippen LogP contribution in [0.25, 0.3) is 0 Å². The molecule has 1 aromatic rings. The van der Waals surface area contributed by atoms with E-state index >= 15 is 0 Å². The summed E-state index contributed by atoms with van der Waals surface area (Å²) in [4.78, 5) is 28.8. The summed E-state index contributed by atoms with van der Waals surface area (Å²) in [5.41, 5.74) is 0.588. The molecule has 2 heterocycles. The number of piperidine rings is 2. The first-order valence-electron chi connectivity index (χ1n) is 8.88. The Balaban J connectivity index is 1.70. The molecule has 0 aliphatic carbocycles. The third kappa shape index (κ3) is 3.95. The van der Waals surface area contributed by atoms with Crippen molar-refractivity contribution in [3.63, 3.8) is 0 Å². The van der Waals surface area contributed by atoms with E-state index in [1.54, 1.807) is 31.4 Å². The molecular weight excluding hydrogens is 320 g/mol. The number of likely N-dealkylation sites (tertiary alicyclic amines) is 2. The maximum Gasteiger partial charge on any atom is 0.253 e. The number of ether oxygens (including phenoxy) is 1. The molecule has 0 saturated carbocycles. The zero-order valence-electron chi connectivity index (χ0n) is 14.7. The summed E-state index contributed by atoms with van der Waals surface area (Å²) in [5, 5.41) is 9.40. The number of rotatable bonds is 4. The van der Waals surface area contributed by atoms with Crippen LogP contribution in [0.1, 0.15) is 36.0 Å². The predicted octanol–water partition coefficient (Wildman–Crippen LogP) is 1.88. The minimum absolute atomic E-state index is 0.000540. The second-order valence-corrected chi connectivity index (χ2v) is 7.19. The van der Waals surface area contributed by atoms with Crippen molar-refractivity contribution in [2.75, 3.05) is 39.9 Å². The van der Waals surface area contributed by atoms with Crippen LogP contribution < -0.4 is 0 Å². The molecule has 0 bridgehead atoms. The van der Waals surface area contributed by atoms with Crippen molar-refractivity contribution in [3.8, 4) is 5.75 Å². The van der Waals surface area contributed by atoms with E-state index in [9.17, 15) is 14.7 Å². The summed E-state index contributed by atoms with van der Waals surface area (Å²) < 4.78 is 5.12. The average Bonchev–Trinajstić information content (AvgIpc) is 2.63. The number of amides is 2. The van der Waals surface area contributed by atoms with Crippen molar-refractivity contribution in [1.82, 2.24) is 9.80 Å². The van der Waals surface area contributed by atoms with E-state index in [0.717, 1.165) is 25.8 Å². The highest BCUT2D eigenvalue weighted by Crippen LogP contribution is 2.39. The van der Waals surface area contributed by atoms with Crippen molar-refractivity contribution in [1.29, 1.82) is 0 Å². The van der Waals surface area contributed by atoms with E-state index in [4.69, 9.17) is 4.74 Å². The molecule has 3 rings (SSSR count). The van der Waals surface area contributed by atoms with Crippen molar-refractivity contribution in [2.24, 2.45) is 5.41 Å². The Labute approximate surface area is 148 Å². The molecule has 2 amide bonds. The topological polar surface area (TPSA) is 70.1 Å². The van der Waals surface area contributed by atoms with E-state index in [1.165, 1.54) is 0 Å². The molecule has 0 unspecified atom stereocenters. The van der Waals surface area contributed by atoms with Crippen molar-refractivity contribution in [3.05, 3.63) is 29.8 Å². The fraction of sp³-hybridized carbons (Fsp3) is 0.579. The highest BCUT2D eigenvalue weighted by atomic mass is 16.5. The van der Waals surface area contributed by atoms with Crippen LogP contribution in [0.2, 0.25) is 0 Å². The van der Waals surface area contributed by atoms with Crippen LogP contribution in [0.3, 0.4) is 0 Å². The first-order chi connectivity index (χ1) is 12.0. The lowest BCUT2D eigenvalue weighted by atomic mass is 9.73. The molecular formula is C19H26N2O4. The van der Waals surface area contributed by atoms with Crippen LogP contribution in [-0.2, 0) is 9.53 Å². The molecule has 2 fully saturated rings. The molecule has 1 spiro atoms. The van der Waals surface area contributed by atoms with Crippen LogP contribution in [0.5, 0.6) is 5.75 Å². The molecule has 6 heteroatoms. The second kappa shape index (κ2) is 7.44. The lowest BCUT2D eigenvalue weighted by Crippen LogP contribution is -2.55. The van der Waals surface area contributed by atoms with Gasteiger partial charge in [0.25, 0.3) is 5.91 Å². The number of methoxy groups -OCH3 is 1. The Morgan fingerprint density at radius 1 is 1.24 bits per heavy atom. The Morgan fingerprint density at radius 3 is 2.72 bits per heavy atom. The lowest BCUT2D eigenvalue weighted by molar-refractivity contribution is -0.139. The van der Waals surface area contributed by atoms with Gasteiger partial charge in [-0.05, 0) is 43.5 Å². The summed E-state index contributed by atoms with van der Waals surface area (Å²) in [6.45, 7) is 3.28. The Bertz CT molecular complexity index is 631. The second-order valence-electron chi connectivity index (χ2n) is 7.19. The van der Waals surface area contributed by atoms with Gasteiger partial charge in [-0.2, -0.15) is 0 Å². The van der Waals surface area contributed by atoms with E-state index in [-0.39, 0.29) is 23.0 Å². The first-order valence-corrected chi connectivity index (χ1v) is 8.88. The molecule has 1 atom stereocenters. The van der Waals surface area contributed by atoms with Crippen LogP contribution in [-0.4, -0.2) is 66.6 Å². The van der Waals surface area contributed by atoms with Gasteiger partial charge >= 0.3 is 0 Å². The lowest BCUT2D eigenvalue weighted by Gasteiger charge is -2.48. The average molecular weight is 346 g/mol. The van der Waals surface area contributed by atoms with E-state index < -0.39 is 0 Å². The first kappa shape index (κ1) is 17.7. The Hall–Kier alpha value is -2.08. The Morgan fingerprint density at radius 2 is 2.00 bits per heavy atom. The number of carbonyl (C=O) groups excluding carboxylic acids is 2. The summed E-state index contributed by atoms with van der Waals surface area (Å²) in [6, 6.07) is 6.40. The number of hydrogen-bond acceptors (Lipinski definition) is 4. The summed E-state index contributed by atoms with van der Waals surface area (Å²) in [7, 11) is 1.64. The standard InChI is InChI=1S/C19H26N2O4/c1-25-12-11-20-13-19(9-7-17(20)23)8-2-10-21(14-19)18(24)15-3-5-16(22)6-4-15/h3-6,22H,2,7-14H2,1H3/t19-/m1/s1. The Kier molecular flexibility index (Phi) is 5.27. The minimum Gasteiger partial charge on any atom is -0.508 e. The van der Waals surface area contributed by atoms with E-state index in [1.807, 2.05) is 9.80 Å². The van der Waals surface area contributed by atoms with Crippen LogP contribution >= 0.6 is 0 Å². The fourth-order valence-electron chi connectivity index (χ4n) is 4.01. The molecule has 0 radical (unpaired) electrons. The van der Waals surface area contributed by atoms with Crippen LogP contribution in [0.15, 0.2) is 24.3 Å². The van der Waals surface area contributed by atoms with Gasteiger partial charge < -0.3 is 19.6 Å². The summed E-state index contributed by atoms with van der Waals surface area (Å²) in [5.74, 6) is 0.343.